The number of hydrogen-bond acceptors (Lipinski definition) is 4. The van der Waals surface area contributed by atoms with Gasteiger partial charge in [0.15, 0.2) is 0 Å². The molecule has 2 N–H and O–H groups in total. The summed E-state index contributed by atoms with van der Waals surface area (Å²) >= 11 is 0. The number of nitrogens with one attached hydrogen (secondary N) is 2. The largest absolute Gasteiger partial charge is 0.416 e. The molecule has 0 aliphatic carbocycles. The molecule has 2 aliphatic rings. The highest BCUT2D eigenvalue weighted by atomic mass is 19.4. The van der Waals surface area contributed by atoms with Crippen molar-refractivity contribution < 1.29 is 36.3 Å². The van der Waals surface area contributed by atoms with Gasteiger partial charge in [0.1, 0.15) is 28.7 Å². The van der Waals surface area contributed by atoms with Crippen LogP contribution >= 0.6 is 0 Å². The highest BCUT2D eigenvalue weighted by molar-refractivity contribution is 6.08. The van der Waals surface area contributed by atoms with Crippen LogP contribution in [-0.4, -0.2) is 45.1 Å². The van der Waals surface area contributed by atoms with E-state index in [-0.39, 0.29) is 40.3 Å². The summed E-state index contributed by atoms with van der Waals surface area (Å²) in [5.41, 5.74) is -0.665. The molecule has 2 aromatic heterocycles. The second-order valence-electron chi connectivity index (χ2n) is 10.3. The normalized spacial score (nSPS) is 16.6. The number of aryl methyl sites for hydroxylation is 1. The van der Waals surface area contributed by atoms with E-state index in [0.717, 1.165) is 12.8 Å². The van der Waals surface area contributed by atoms with Crippen LogP contribution in [0.3, 0.4) is 0 Å². The number of nitrogens with zero attached hydrogens (tertiary/aromatic N) is 3. The van der Waals surface area contributed by atoms with E-state index in [9.17, 15) is 36.3 Å². The molecule has 1 fully saturated rings. The maximum absolute atomic E-state index is 14.3. The third kappa shape index (κ3) is 4.74. The summed E-state index contributed by atoms with van der Waals surface area (Å²) in [6, 6.07) is 5.82. The van der Waals surface area contributed by atoms with Gasteiger partial charge in [-0.3, -0.25) is 18.8 Å². The first kappa shape index (κ1) is 27.4. The van der Waals surface area contributed by atoms with Gasteiger partial charge in [-0.15, -0.1) is 0 Å². The molecule has 2 aromatic carbocycles. The molecule has 6 rings (SSSR count). The van der Waals surface area contributed by atoms with Crippen molar-refractivity contribution in [3.05, 3.63) is 99.5 Å². The predicted molar refractivity (Wildman–Crippen MR) is 140 cm³/mol. The second kappa shape index (κ2) is 9.93. The van der Waals surface area contributed by atoms with Crippen molar-refractivity contribution in [2.75, 3.05) is 18.4 Å². The number of likely N-dealkylation sites (tertiary alicyclic amines) is 1. The first-order valence-corrected chi connectivity index (χ1v) is 13.0. The summed E-state index contributed by atoms with van der Waals surface area (Å²) in [4.78, 5) is 45.7. The predicted octanol–water partition coefficient (Wildman–Crippen LogP) is 5.26. The first-order chi connectivity index (χ1) is 19.9. The average Bonchev–Trinajstić information content (AvgIpc) is 3.68. The number of hydrogen-bond donors (Lipinski definition) is 2. The Balaban J connectivity index is 1.51. The van der Waals surface area contributed by atoms with E-state index in [1.165, 1.54) is 34.9 Å². The van der Waals surface area contributed by atoms with E-state index in [1.54, 1.807) is 11.8 Å². The minimum Gasteiger partial charge on any atom is -0.340 e. The minimum atomic E-state index is -4.90. The summed E-state index contributed by atoms with van der Waals surface area (Å²) in [5.74, 6) is -3.88. The third-order valence-corrected chi connectivity index (χ3v) is 7.47. The molecule has 8 nitrogen and oxygen atoms in total. The van der Waals surface area contributed by atoms with E-state index in [0.29, 0.717) is 36.3 Å². The van der Waals surface area contributed by atoms with Crippen molar-refractivity contribution in [2.24, 2.45) is 0 Å². The van der Waals surface area contributed by atoms with E-state index in [1.807, 2.05) is 0 Å². The number of carbonyl (C=O) groups is 3. The van der Waals surface area contributed by atoms with E-state index in [4.69, 9.17) is 0 Å². The van der Waals surface area contributed by atoms with Gasteiger partial charge in [-0.05, 0) is 61.2 Å². The van der Waals surface area contributed by atoms with Crippen molar-refractivity contribution in [1.29, 1.82) is 0 Å². The Kier molecular flexibility index (Phi) is 6.47. The van der Waals surface area contributed by atoms with Crippen LogP contribution < -0.4 is 10.6 Å². The lowest BCUT2D eigenvalue weighted by Gasteiger charge is -2.19. The smallest absolute Gasteiger partial charge is 0.340 e. The first-order valence-electron chi connectivity index (χ1n) is 13.0. The number of amides is 3. The SMILES string of the molecule is Cc1ccc(F)cc1C1NC(=O)c2c1c(NC(=O)c1cc(F)cc(C(F)(F)F)c1)cc1nc(C(=O)N3CCCC3)cn21. The van der Waals surface area contributed by atoms with Crippen LogP contribution in [0.15, 0.2) is 48.7 Å². The molecular weight excluding hydrogens is 561 g/mol. The Hall–Kier alpha value is -4.81. The minimum absolute atomic E-state index is 0.000319. The Morgan fingerprint density at radius 3 is 2.48 bits per heavy atom. The Labute approximate surface area is 235 Å². The Morgan fingerprint density at radius 1 is 1.02 bits per heavy atom. The molecule has 1 unspecified atom stereocenters. The molecule has 0 bridgehead atoms. The van der Waals surface area contributed by atoms with Crippen LogP contribution in [0.5, 0.6) is 0 Å². The van der Waals surface area contributed by atoms with Gasteiger partial charge in [-0.2, -0.15) is 13.2 Å². The number of anilines is 1. The summed E-state index contributed by atoms with van der Waals surface area (Å²) in [6.07, 6.45) is -1.81. The fraction of sp³-hybridized carbons (Fsp3) is 0.241. The van der Waals surface area contributed by atoms with E-state index in [2.05, 4.69) is 15.6 Å². The number of imidazole rings is 1. The molecule has 0 radical (unpaired) electrons. The summed E-state index contributed by atoms with van der Waals surface area (Å²) in [5, 5.41) is 5.27. The molecule has 1 atom stereocenters. The molecular formula is C29H22F5N5O3. The average molecular weight is 584 g/mol. The zero-order chi connectivity index (χ0) is 29.9. The third-order valence-electron chi connectivity index (χ3n) is 7.47. The van der Waals surface area contributed by atoms with Gasteiger partial charge in [0.05, 0.1) is 17.3 Å². The molecule has 4 heterocycles. The van der Waals surface area contributed by atoms with Crippen LogP contribution in [-0.2, 0) is 6.18 Å². The molecule has 0 saturated carbocycles. The van der Waals surface area contributed by atoms with Crippen molar-refractivity contribution in [3.8, 4) is 0 Å². The van der Waals surface area contributed by atoms with Crippen molar-refractivity contribution in [1.82, 2.24) is 19.6 Å². The van der Waals surface area contributed by atoms with Gasteiger partial charge in [-0.1, -0.05) is 6.07 Å². The fourth-order valence-electron chi connectivity index (χ4n) is 5.46. The summed E-state index contributed by atoms with van der Waals surface area (Å²) in [7, 11) is 0. The van der Waals surface area contributed by atoms with Crippen molar-refractivity contribution in [2.45, 2.75) is 32.0 Å². The lowest BCUT2D eigenvalue weighted by atomic mass is 9.95. The van der Waals surface area contributed by atoms with Gasteiger partial charge in [-0.25, -0.2) is 13.8 Å². The molecule has 3 amide bonds. The molecule has 1 saturated heterocycles. The topological polar surface area (TPSA) is 95.8 Å². The molecule has 42 heavy (non-hydrogen) atoms. The Bertz CT molecular complexity index is 1790. The number of aromatic nitrogens is 2. The van der Waals surface area contributed by atoms with Crippen molar-refractivity contribution in [3.63, 3.8) is 0 Å². The number of benzene rings is 2. The zero-order valence-corrected chi connectivity index (χ0v) is 22.0. The molecule has 13 heteroatoms. The van der Waals surface area contributed by atoms with Crippen LogP contribution in [0.2, 0.25) is 0 Å². The second-order valence-corrected chi connectivity index (χ2v) is 10.3. The van der Waals surface area contributed by atoms with Gasteiger partial charge in [0.25, 0.3) is 17.7 Å². The number of fused-ring (bicyclic) bond motifs is 3. The number of rotatable bonds is 4. The molecule has 0 spiro atoms. The van der Waals surface area contributed by atoms with Crippen LogP contribution in [0.1, 0.15) is 72.5 Å². The monoisotopic (exact) mass is 583 g/mol. The van der Waals surface area contributed by atoms with Crippen LogP contribution in [0.4, 0.5) is 27.6 Å². The lowest BCUT2D eigenvalue weighted by molar-refractivity contribution is -0.137. The zero-order valence-electron chi connectivity index (χ0n) is 22.0. The maximum atomic E-state index is 14.3. The number of halogens is 5. The van der Waals surface area contributed by atoms with Crippen molar-refractivity contribution >= 4 is 29.1 Å². The molecule has 4 aromatic rings. The van der Waals surface area contributed by atoms with Crippen LogP contribution in [0.25, 0.3) is 5.65 Å². The van der Waals surface area contributed by atoms with Crippen LogP contribution in [0, 0.1) is 18.6 Å². The lowest BCUT2D eigenvalue weighted by Crippen LogP contribution is -2.27. The van der Waals surface area contributed by atoms with Gasteiger partial charge < -0.3 is 15.5 Å². The fourth-order valence-corrected chi connectivity index (χ4v) is 5.46. The number of alkyl halides is 3. The highest BCUT2D eigenvalue weighted by Crippen LogP contribution is 2.39. The number of pyridine rings is 1. The molecule has 216 valence electrons. The highest BCUT2D eigenvalue weighted by Gasteiger charge is 2.38. The molecule has 2 aliphatic heterocycles. The maximum Gasteiger partial charge on any atom is 0.416 e. The van der Waals surface area contributed by atoms with Gasteiger partial charge in [0, 0.05) is 36.5 Å². The summed E-state index contributed by atoms with van der Waals surface area (Å²) in [6.45, 7) is 2.81. The Morgan fingerprint density at radius 2 is 1.76 bits per heavy atom. The van der Waals surface area contributed by atoms with Gasteiger partial charge >= 0.3 is 6.18 Å². The van der Waals surface area contributed by atoms with E-state index >= 15 is 0 Å². The summed E-state index contributed by atoms with van der Waals surface area (Å²) < 4.78 is 69.7. The quantitative estimate of drug-likeness (QED) is 0.321. The van der Waals surface area contributed by atoms with E-state index < -0.39 is 46.8 Å². The van der Waals surface area contributed by atoms with Gasteiger partial charge in [0.2, 0.25) is 0 Å². The standard InChI is InChI=1S/C29H22F5N5O3/c1-14-4-5-17(30)11-19(14)24-23-20(36-26(40)15-8-16(29(32,33)34)10-18(31)9-15)12-22-35-21(28(42)38-6-2-3-7-38)13-39(22)25(23)27(41)37-24/h4-5,8-13,24H,2-3,6-7H2,1H3,(H,36,40)(H,37,41). The number of carbonyl (C=O) groups excluding carboxylic acids is 3.